The average molecular weight is 297 g/mol. The van der Waals surface area contributed by atoms with Crippen molar-refractivity contribution >= 4 is 5.97 Å². The first-order valence-corrected chi connectivity index (χ1v) is 8.27. The zero-order chi connectivity index (χ0) is 15.9. The number of hydrogen-bond donors (Lipinski definition) is 2. The second-order valence-corrected chi connectivity index (χ2v) is 7.97. The Labute approximate surface area is 128 Å². The van der Waals surface area contributed by atoms with Gasteiger partial charge in [-0.2, -0.15) is 0 Å². The molecule has 4 nitrogen and oxygen atoms in total. The summed E-state index contributed by atoms with van der Waals surface area (Å²) < 4.78 is 6.16. The summed E-state index contributed by atoms with van der Waals surface area (Å²) in [5, 5.41) is 12.6. The first-order valence-electron chi connectivity index (χ1n) is 8.27. The molecular weight excluding hydrogens is 266 g/mol. The normalized spacial score (nSPS) is 36.6. The Morgan fingerprint density at radius 2 is 2.10 bits per heavy atom. The summed E-state index contributed by atoms with van der Waals surface area (Å²) in [6, 6.07) is 0. The molecule has 2 bridgehead atoms. The van der Waals surface area contributed by atoms with Gasteiger partial charge in [0.1, 0.15) is 5.54 Å². The molecule has 2 aliphatic carbocycles. The molecule has 0 aromatic heterocycles. The molecule has 4 atom stereocenters. The fraction of sp³-hybridized carbons (Fsp3) is 0.941. The molecule has 0 saturated heterocycles. The first kappa shape index (κ1) is 16.8. The quantitative estimate of drug-likeness (QED) is 0.758. The van der Waals surface area contributed by atoms with E-state index in [1.54, 1.807) is 6.92 Å². The van der Waals surface area contributed by atoms with Crippen molar-refractivity contribution in [1.82, 2.24) is 5.32 Å². The van der Waals surface area contributed by atoms with Gasteiger partial charge in [-0.15, -0.1) is 0 Å². The molecule has 4 unspecified atom stereocenters. The molecule has 122 valence electrons. The molecule has 0 radical (unpaired) electrons. The van der Waals surface area contributed by atoms with E-state index in [0.29, 0.717) is 17.9 Å². The highest BCUT2D eigenvalue weighted by Crippen LogP contribution is 2.66. The molecule has 2 fully saturated rings. The van der Waals surface area contributed by atoms with Crippen LogP contribution in [-0.2, 0) is 9.53 Å². The van der Waals surface area contributed by atoms with E-state index in [9.17, 15) is 9.90 Å². The molecule has 2 saturated carbocycles. The Bertz CT molecular complexity index is 409. The van der Waals surface area contributed by atoms with Crippen LogP contribution in [0.15, 0.2) is 0 Å². The molecule has 0 aromatic rings. The molecule has 0 aromatic carbocycles. The summed E-state index contributed by atoms with van der Waals surface area (Å²) in [4.78, 5) is 11.6. The number of hydrogen-bond acceptors (Lipinski definition) is 3. The van der Waals surface area contributed by atoms with Crippen molar-refractivity contribution in [3.05, 3.63) is 0 Å². The molecule has 0 heterocycles. The highest BCUT2D eigenvalue weighted by molar-refractivity contribution is 5.78. The molecule has 2 rings (SSSR count). The van der Waals surface area contributed by atoms with Gasteiger partial charge < -0.3 is 15.2 Å². The molecule has 2 aliphatic rings. The maximum absolute atomic E-state index is 11.6. The maximum Gasteiger partial charge on any atom is 0.326 e. The lowest BCUT2D eigenvalue weighted by Gasteiger charge is -2.40. The third kappa shape index (κ3) is 2.61. The average Bonchev–Trinajstić information content (AvgIpc) is 2.75. The molecule has 0 aliphatic heterocycles. The van der Waals surface area contributed by atoms with Crippen LogP contribution in [0.25, 0.3) is 0 Å². The fourth-order valence-corrected chi connectivity index (χ4v) is 4.24. The van der Waals surface area contributed by atoms with Crippen molar-refractivity contribution in [2.75, 3.05) is 13.2 Å². The van der Waals surface area contributed by atoms with Crippen LogP contribution in [-0.4, -0.2) is 35.9 Å². The summed E-state index contributed by atoms with van der Waals surface area (Å²) >= 11 is 0. The van der Waals surface area contributed by atoms with E-state index in [1.807, 2.05) is 6.92 Å². The van der Waals surface area contributed by atoms with Gasteiger partial charge in [0.25, 0.3) is 0 Å². The Kier molecular flexibility index (Phi) is 4.42. The molecular formula is C17H31NO3. The number of carbonyl (C=O) groups is 1. The molecule has 4 heteroatoms. The van der Waals surface area contributed by atoms with E-state index in [4.69, 9.17) is 4.74 Å². The summed E-state index contributed by atoms with van der Waals surface area (Å²) in [5.41, 5.74) is -0.506. The number of aliphatic carboxylic acids is 1. The van der Waals surface area contributed by atoms with Gasteiger partial charge in [-0.05, 0) is 55.9 Å². The van der Waals surface area contributed by atoms with Gasteiger partial charge in [0.15, 0.2) is 0 Å². The summed E-state index contributed by atoms with van der Waals surface area (Å²) in [6.07, 6.45) is 4.66. The zero-order valence-electron chi connectivity index (χ0n) is 14.2. The smallest absolute Gasteiger partial charge is 0.326 e. The predicted octanol–water partition coefficient (Wildman–Crippen LogP) is 3.06. The monoisotopic (exact) mass is 297 g/mol. The third-order valence-corrected chi connectivity index (χ3v) is 6.52. The second-order valence-electron chi connectivity index (χ2n) is 7.97. The number of carboxylic acid groups (broad SMARTS) is 1. The third-order valence-electron chi connectivity index (χ3n) is 6.52. The molecule has 21 heavy (non-hydrogen) atoms. The fourth-order valence-electron chi connectivity index (χ4n) is 4.24. The summed E-state index contributed by atoms with van der Waals surface area (Å²) in [6.45, 7) is 11.7. The topological polar surface area (TPSA) is 58.6 Å². The first-order chi connectivity index (χ1) is 9.67. The number of fused-ring (bicyclic) bond motifs is 2. The standard InChI is InChI=1S/C17H31NO3/c1-6-9-18-17(5,14(19)20)11-21-13-10-12-7-8-16(13,4)15(12,2)3/h12-13,18H,6-11H2,1-5H3,(H,19,20). The van der Waals surface area contributed by atoms with Crippen molar-refractivity contribution in [2.24, 2.45) is 16.7 Å². The minimum atomic E-state index is -0.988. The highest BCUT2D eigenvalue weighted by atomic mass is 16.5. The van der Waals surface area contributed by atoms with E-state index in [1.165, 1.54) is 12.8 Å². The lowest BCUT2D eigenvalue weighted by Crippen LogP contribution is -2.54. The van der Waals surface area contributed by atoms with Gasteiger partial charge in [-0.25, -0.2) is 0 Å². The number of rotatable bonds is 7. The Balaban J connectivity index is 2.01. The van der Waals surface area contributed by atoms with Gasteiger partial charge in [0.2, 0.25) is 0 Å². The number of ether oxygens (including phenoxy) is 1. The highest BCUT2D eigenvalue weighted by Gasteiger charge is 2.62. The minimum absolute atomic E-state index is 0.182. The van der Waals surface area contributed by atoms with Crippen molar-refractivity contribution in [2.45, 2.75) is 71.9 Å². The Hall–Kier alpha value is -0.610. The van der Waals surface area contributed by atoms with Crippen LogP contribution in [0, 0.1) is 16.7 Å². The van der Waals surface area contributed by atoms with E-state index in [2.05, 4.69) is 26.1 Å². The largest absolute Gasteiger partial charge is 0.480 e. The SMILES string of the molecule is CCCNC(C)(COC1CC2CCC1(C)C2(C)C)C(=O)O. The van der Waals surface area contributed by atoms with Gasteiger partial charge in [0, 0.05) is 0 Å². The molecule has 0 amide bonds. The van der Waals surface area contributed by atoms with E-state index in [0.717, 1.165) is 12.8 Å². The van der Waals surface area contributed by atoms with Crippen LogP contribution >= 0.6 is 0 Å². The van der Waals surface area contributed by atoms with Gasteiger partial charge in [0.05, 0.1) is 12.7 Å². The van der Waals surface area contributed by atoms with Crippen LogP contribution in [0.5, 0.6) is 0 Å². The van der Waals surface area contributed by atoms with Crippen molar-refractivity contribution in [3.63, 3.8) is 0 Å². The van der Waals surface area contributed by atoms with Crippen molar-refractivity contribution < 1.29 is 14.6 Å². The van der Waals surface area contributed by atoms with Crippen LogP contribution in [0.4, 0.5) is 0 Å². The van der Waals surface area contributed by atoms with Crippen LogP contribution in [0.1, 0.15) is 60.3 Å². The van der Waals surface area contributed by atoms with Crippen molar-refractivity contribution in [3.8, 4) is 0 Å². The second kappa shape index (κ2) is 5.54. The van der Waals surface area contributed by atoms with Crippen LogP contribution < -0.4 is 5.32 Å². The summed E-state index contributed by atoms with van der Waals surface area (Å²) in [5.74, 6) is -0.115. The minimum Gasteiger partial charge on any atom is -0.480 e. The lowest BCUT2D eigenvalue weighted by molar-refractivity contribution is -0.150. The van der Waals surface area contributed by atoms with E-state index in [-0.39, 0.29) is 18.1 Å². The van der Waals surface area contributed by atoms with Gasteiger partial charge >= 0.3 is 5.97 Å². The number of carboxylic acids is 1. The predicted molar refractivity (Wildman–Crippen MR) is 83.3 cm³/mol. The Morgan fingerprint density at radius 3 is 2.52 bits per heavy atom. The maximum atomic E-state index is 11.6. The zero-order valence-corrected chi connectivity index (χ0v) is 14.2. The van der Waals surface area contributed by atoms with Crippen molar-refractivity contribution in [1.29, 1.82) is 0 Å². The lowest BCUT2D eigenvalue weighted by atomic mass is 9.70. The van der Waals surface area contributed by atoms with E-state index >= 15 is 0 Å². The molecule has 2 N–H and O–H groups in total. The van der Waals surface area contributed by atoms with Crippen LogP contribution in [0.2, 0.25) is 0 Å². The van der Waals surface area contributed by atoms with Gasteiger partial charge in [-0.1, -0.05) is 27.7 Å². The van der Waals surface area contributed by atoms with Gasteiger partial charge in [-0.3, -0.25) is 4.79 Å². The van der Waals surface area contributed by atoms with Crippen LogP contribution in [0.3, 0.4) is 0 Å². The summed E-state index contributed by atoms with van der Waals surface area (Å²) in [7, 11) is 0. The van der Waals surface area contributed by atoms with E-state index < -0.39 is 11.5 Å². The molecule has 0 spiro atoms. The Morgan fingerprint density at radius 1 is 1.43 bits per heavy atom. The number of nitrogens with one attached hydrogen (secondary N) is 1.